The van der Waals surface area contributed by atoms with E-state index < -0.39 is 17.6 Å². The van der Waals surface area contributed by atoms with Gasteiger partial charge in [-0.3, -0.25) is 4.79 Å². The van der Waals surface area contributed by atoms with Crippen LogP contribution in [0.3, 0.4) is 0 Å². The third-order valence-corrected chi connectivity index (χ3v) is 4.02. The third-order valence-electron chi connectivity index (χ3n) is 4.02. The number of rotatable bonds is 0. The molecule has 1 N–H and O–H groups in total. The van der Waals surface area contributed by atoms with Crippen LogP contribution in [-0.2, 0) is 6.18 Å². The van der Waals surface area contributed by atoms with Gasteiger partial charge < -0.3 is 10.2 Å². The Morgan fingerprint density at radius 1 is 1.32 bits per heavy atom. The summed E-state index contributed by atoms with van der Waals surface area (Å²) < 4.78 is 39.1. The second-order valence-corrected chi connectivity index (χ2v) is 5.02. The summed E-state index contributed by atoms with van der Waals surface area (Å²) in [5, 5.41) is 3.14. The third kappa shape index (κ3) is 1.74. The molecule has 102 valence electrons. The van der Waals surface area contributed by atoms with Crippen LogP contribution in [0, 0.1) is 0 Å². The summed E-state index contributed by atoms with van der Waals surface area (Å²) in [4.78, 5) is 13.7. The number of alkyl halides is 3. The predicted octanol–water partition coefficient (Wildman–Crippen LogP) is 1.85. The number of hydrogen-bond acceptors (Lipinski definition) is 2. The minimum atomic E-state index is -4.50. The van der Waals surface area contributed by atoms with E-state index >= 15 is 0 Å². The van der Waals surface area contributed by atoms with Crippen LogP contribution in [0.2, 0.25) is 0 Å². The Bertz CT molecular complexity index is 541. The van der Waals surface area contributed by atoms with Crippen LogP contribution in [0.25, 0.3) is 0 Å². The largest absolute Gasteiger partial charge is 0.417 e. The topological polar surface area (TPSA) is 32.3 Å². The summed E-state index contributed by atoms with van der Waals surface area (Å²) in [6.07, 6.45) is -4.50. The van der Waals surface area contributed by atoms with Crippen molar-refractivity contribution >= 4 is 5.91 Å². The Morgan fingerprint density at radius 2 is 2.05 bits per heavy atom. The van der Waals surface area contributed by atoms with Crippen molar-refractivity contribution in [1.82, 2.24) is 10.2 Å². The van der Waals surface area contributed by atoms with Gasteiger partial charge in [0.05, 0.1) is 17.2 Å². The highest BCUT2D eigenvalue weighted by molar-refractivity contribution is 5.99. The van der Waals surface area contributed by atoms with Gasteiger partial charge in [-0.25, -0.2) is 0 Å². The molecule has 0 aromatic heterocycles. The molecule has 1 aromatic rings. The fourth-order valence-corrected chi connectivity index (χ4v) is 3.07. The molecule has 0 aliphatic carbocycles. The number of nitrogens with zero attached hydrogens (tertiary/aromatic N) is 1. The maximum Gasteiger partial charge on any atom is 0.417 e. The lowest BCUT2D eigenvalue weighted by molar-refractivity contribution is -0.138. The Morgan fingerprint density at radius 3 is 2.74 bits per heavy atom. The first-order valence-electron chi connectivity index (χ1n) is 6.09. The molecule has 0 unspecified atom stereocenters. The lowest BCUT2D eigenvalue weighted by Crippen LogP contribution is -2.46. The zero-order valence-electron chi connectivity index (χ0n) is 10.3. The normalized spacial score (nSPS) is 26.3. The van der Waals surface area contributed by atoms with Gasteiger partial charge in [0.1, 0.15) is 0 Å². The number of nitrogens with one attached hydrogen (secondary N) is 1. The number of carbonyl (C=O) groups is 1. The molecule has 0 saturated carbocycles. The Balaban J connectivity index is 2.22. The van der Waals surface area contributed by atoms with E-state index in [2.05, 4.69) is 5.32 Å². The highest BCUT2D eigenvalue weighted by Crippen LogP contribution is 2.41. The van der Waals surface area contributed by atoms with Crippen LogP contribution in [0.15, 0.2) is 18.2 Å². The van der Waals surface area contributed by atoms with Crippen LogP contribution in [-0.4, -0.2) is 37.0 Å². The van der Waals surface area contributed by atoms with Gasteiger partial charge in [0, 0.05) is 26.1 Å². The van der Waals surface area contributed by atoms with Crippen molar-refractivity contribution in [2.75, 3.05) is 20.1 Å². The molecule has 2 aliphatic rings. The molecule has 0 radical (unpaired) electrons. The maximum atomic E-state index is 13.0. The van der Waals surface area contributed by atoms with Crippen molar-refractivity contribution < 1.29 is 18.0 Å². The molecular weight excluding hydrogens is 257 g/mol. The lowest BCUT2D eigenvalue weighted by atomic mass is 9.83. The van der Waals surface area contributed by atoms with Crippen molar-refractivity contribution in [3.8, 4) is 0 Å². The van der Waals surface area contributed by atoms with Gasteiger partial charge in [-0.05, 0) is 11.6 Å². The number of fused-ring (bicyclic) bond motifs is 3. The molecule has 1 saturated heterocycles. The predicted molar refractivity (Wildman–Crippen MR) is 62.9 cm³/mol. The van der Waals surface area contributed by atoms with Gasteiger partial charge >= 0.3 is 6.18 Å². The van der Waals surface area contributed by atoms with Crippen molar-refractivity contribution in [1.29, 1.82) is 0 Å². The number of benzene rings is 1. The molecule has 3 rings (SSSR count). The molecule has 0 bridgehead atoms. The highest BCUT2D eigenvalue weighted by atomic mass is 19.4. The van der Waals surface area contributed by atoms with E-state index in [0.717, 1.165) is 6.07 Å². The fourth-order valence-electron chi connectivity index (χ4n) is 3.07. The van der Waals surface area contributed by atoms with Gasteiger partial charge in [-0.2, -0.15) is 13.2 Å². The SMILES string of the molecule is CN1C(=O)c2c(cccc2C(F)(F)F)[C@@H]2CNC[C@@H]21. The standard InChI is InChI=1S/C13H13F3N2O/c1-18-10-6-17-5-8(10)7-3-2-4-9(13(14,15)16)11(7)12(18)19/h2-4,8,10,17H,5-6H2,1H3/t8-,10-/m0/s1. The molecule has 19 heavy (non-hydrogen) atoms. The van der Waals surface area contributed by atoms with E-state index in [4.69, 9.17) is 0 Å². The van der Waals surface area contributed by atoms with Crippen LogP contribution in [0.5, 0.6) is 0 Å². The lowest BCUT2D eigenvalue weighted by Gasteiger charge is -2.36. The van der Waals surface area contributed by atoms with E-state index in [0.29, 0.717) is 18.7 Å². The van der Waals surface area contributed by atoms with Crippen LogP contribution < -0.4 is 5.32 Å². The Labute approximate surface area is 108 Å². The van der Waals surface area contributed by atoms with E-state index in [9.17, 15) is 18.0 Å². The van der Waals surface area contributed by atoms with Crippen molar-refractivity contribution in [2.24, 2.45) is 0 Å². The number of halogens is 3. The summed E-state index contributed by atoms with van der Waals surface area (Å²) >= 11 is 0. The van der Waals surface area contributed by atoms with Crippen LogP contribution in [0.4, 0.5) is 13.2 Å². The summed E-state index contributed by atoms with van der Waals surface area (Å²) in [6.45, 7) is 1.24. The molecular formula is C13H13F3N2O. The zero-order chi connectivity index (χ0) is 13.8. The molecule has 1 amide bonds. The number of carbonyl (C=O) groups excluding carboxylic acids is 1. The second-order valence-electron chi connectivity index (χ2n) is 5.02. The van der Waals surface area contributed by atoms with Gasteiger partial charge in [-0.1, -0.05) is 12.1 Å². The number of hydrogen-bond donors (Lipinski definition) is 1. The van der Waals surface area contributed by atoms with E-state index in [1.54, 1.807) is 13.1 Å². The summed E-state index contributed by atoms with van der Waals surface area (Å²) in [7, 11) is 1.57. The molecule has 1 aromatic carbocycles. The first-order valence-corrected chi connectivity index (χ1v) is 6.09. The molecule has 3 nitrogen and oxygen atoms in total. The molecule has 6 heteroatoms. The second kappa shape index (κ2) is 3.96. The van der Waals surface area contributed by atoms with Gasteiger partial charge in [0.15, 0.2) is 0 Å². The average molecular weight is 270 g/mol. The first kappa shape index (κ1) is 12.5. The molecule has 0 spiro atoms. The van der Waals surface area contributed by atoms with Crippen molar-refractivity contribution in [3.05, 3.63) is 34.9 Å². The zero-order valence-corrected chi connectivity index (χ0v) is 10.3. The monoisotopic (exact) mass is 270 g/mol. The van der Waals surface area contributed by atoms with Gasteiger partial charge in [-0.15, -0.1) is 0 Å². The fraction of sp³-hybridized carbons (Fsp3) is 0.462. The van der Waals surface area contributed by atoms with E-state index in [-0.39, 0.29) is 17.5 Å². The van der Waals surface area contributed by atoms with Gasteiger partial charge in [0.25, 0.3) is 5.91 Å². The number of amides is 1. The van der Waals surface area contributed by atoms with E-state index in [1.807, 2.05) is 0 Å². The first-order chi connectivity index (χ1) is 8.91. The molecule has 2 heterocycles. The molecule has 2 aliphatic heterocycles. The van der Waals surface area contributed by atoms with Crippen molar-refractivity contribution in [2.45, 2.75) is 18.1 Å². The number of likely N-dealkylation sites (N-methyl/N-ethyl adjacent to an activating group) is 1. The minimum absolute atomic E-state index is 0.0523. The minimum Gasteiger partial charge on any atom is -0.337 e. The van der Waals surface area contributed by atoms with Crippen LogP contribution in [0.1, 0.15) is 27.4 Å². The maximum absolute atomic E-state index is 13.0. The molecule has 1 fully saturated rings. The average Bonchev–Trinajstić information content (AvgIpc) is 2.83. The highest BCUT2D eigenvalue weighted by Gasteiger charge is 2.45. The Hall–Kier alpha value is -1.56. The smallest absolute Gasteiger partial charge is 0.337 e. The molecule has 2 atom stereocenters. The van der Waals surface area contributed by atoms with Crippen molar-refractivity contribution in [3.63, 3.8) is 0 Å². The van der Waals surface area contributed by atoms with E-state index in [1.165, 1.54) is 11.0 Å². The summed E-state index contributed by atoms with van der Waals surface area (Å²) in [5.41, 5.74) is -0.484. The quantitative estimate of drug-likeness (QED) is 0.780. The summed E-state index contributed by atoms with van der Waals surface area (Å²) in [6, 6.07) is 3.95. The Kier molecular flexibility index (Phi) is 2.60. The summed E-state index contributed by atoms with van der Waals surface area (Å²) in [5.74, 6) is -0.590. The van der Waals surface area contributed by atoms with Gasteiger partial charge in [0.2, 0.25) is 0 Å². The van der Waals surface area contributed by atoms with Crippen LogP contribution >= 0.6 is 0 Å².